The van der Waals surface area contributed by atoms with Gasteiger partial charge in [0.05, 0.1) is 0 Å². The van der Waals surface area contributed by atoms with Crippen LogP contribution >= 0.6 is 0 Å². The maximum Gasteiger partial charge on any atom is 0.233 e. The summed E-state index contributed by atoms with van der Waals surface area (Å²) in [5.41, 5.74) is 5.34. The van der Waals surface area contributed by atoms with Crippen LogP contribution in [0.25, 0.3) is 0 Å². The van der Waals surface area contributed by atoms with Gasteiger partial charge in [0.15, 0.2) is 0 Å². The lowest BCUT2D eigenvalue weighted by Gasteiger charge is -2.36. The number of carbonyl (C=O) groups excluding carboxylic acids is 2. The van der Waals surface area contributed by atoms with Gasteiger partial charge in [0.1, 0.15) is 6.42 Å². The van der Waals surface area contributed by atoms with Gasteiger partial charge in [-0.2, -0.15) is 0 Å². The number of nitrogens with zero attached hydrogens (tertiary/aromatic N) is 2. The molecule has 0 aromatic heterocycles. The molecule has 3 rings (SSSR count). The SMILES string of the molecule is Cc1cccc(N2CCN(C(=O)CC(=O)Nc3cccc(C)c3C)CC2)c1. The number of anilines is 2. The Bertz CT molecular complexity index is 839. The summed E-state index contributed by atoms with van der Waals surface area (Å²) in [5, 5.41) is 2.87. The molecule has 0 unspecified atom stereocenters. The van der Waals surface area contributed by atoms with Gasteiger partial charge >= 0.3 is 0 Å². The highest BCUT2D eigenvalue weighted by atomic mass is 16.2. The van der Waals surface area contributed by atoms with Crippen molar-refractivity contribution in [1.82, 2.24) is 4.90 Å². The van der Waals surface area contributed by atoms with Crippen LogP contribution in [0.4, 0.5) is 11.4 Å². The number of amides is 2. The lowest BCUT2D eigenvalue weighted by Crippen LogP contribution is -2.49. The molecule has 0 bridgehead atoms. The lowest BCUT2D eigenvalue weighted by atomic mass is 10.1. The first kappa shape index (κ1) is 19.0. The minimum Gasteiger partial charge on any atom is -0.368 e. The summed E-state index contributed by atoms with van der Waals surface area (Å²) in [6.07, 6.45) is -0.113. The number of nitrogens with one attached hydrogen (secondary N) is 1. The average Bonchev–Trinajstić information content (AvgIpc) is 2.65. The third kappa shape index (κ3) is 4.67. The fraction of sp³-hybridized carbons (Fsp3) is 0.364. The Morgan fingerprint density at radius 1 is 0.963 bits per heavy atom. The fourth-order valence-corrected chi connectivity index (χ4v) is 3.37. The van der Waals surface area contributed by atoms with E-state index in [1.807, 2.05) is 32.0 Å². The van der Waals surface area contributed by atoms with Crippen LogP contribution in [-0.4, -0.2) is 42.9 Å². The summed E-state index contributed by atoms with van der Waals surface area (Å²) in [4.78, 5) is 28.8. The van der Waals surface area contributed by atoms with Crippen LogP contribution in [0.1, 0.15) is 23.1 Å². The maximum atomic E-state index is 12.5. The summed E-state index contributed by atoms with van der Waals surface area (Å²) in [6.45, 7) is 8.91. The second kappa shape index (κ2) is 8.25. The van der Waals surface area contributed by atoms with Crippen molar-refractivity contribution in [2.45, 2.75) is 27.2 Å². The molecule has 0 atom stereocenters. The second-order valence-electron chi connectivity index (χ2n) is 7.18. The number of hydrogen-bond acceptors (Lipinski definition) is 3. The molecule has 5 nitrogen and oxygen atoms in total. The Morgan fingerprint density at radius 2 is 1.67 bits per heavy atom. The van der Waals surface area contributed by atoms with E-state index in [1.165, 1.54) is 11.3 Å². The highest BCUT2D eigenvalue weighted by molar-refractivity contribution is 6.04. The molecular formula is C22H27N3O2. The fourth-order valence-electron chi connectivity index (χ4n) is 3.37. The first-order chi connectivity index (χ1) is 12.9. The first-order valence-corrected chi connectivity index (χ1v) is 9.39. The van der Waals surface area contributed by atoms with Gasteiger partial charge in [-0.3, -0.25) is 9.59 Å². The van der Waals surface area contributed by atoms with Crippen molar-refractivity contribution in [3.63, 3.8) is 0 Å². The van der Waals surface area contributed by atoms with E-state index in [4.69, 9.17) is 0 Å². The number of carbonyl (C=O) groups is 2. The Hall–Kier alpha value is -2.82. The van der Waals surface area contributed by atoms with Gasteiger partial charge in [0.25, 0.3) is 0 Å². The summed E-state index contributed by atoms with van der Waals surface area (Å²) >= 11 is 0. The molecule has 2 aromatic carbocycles. The zero-order valence-electron chi connectivity index (χ0n) is 16.3. The number of aryl methyl sites for hydroxylation is 2. The smallest absolute Gasteiger partial charge is 0.233 e. The molecule has 1 N–H and O–H groups in total. The predicted molar refractivity (Wildman–Crippen MR) is 109 cm³/mol. The first-order valence-electron chi connectivity index (χ1n) is 9.39. The second-order valence-corrected chi connectivity index (χ2v) is 7.18. The molecule has 0 aliphatic carbocycles. The molecule has 2 amide bonds. The third-order valence-corrected chi connectivity index (χ3v) is 5.19. The molecule has 0 saturated carbocycles. The van der Waals surface area contributed by atoms with Crippen molar-refractivity contribution in [3.8, 4) is 0 Å². The highest BCUT2D eigenvalue weighted by Crippen LogP contribution is 2.19. The molecule has 142 valence electrons. The van der Waals surface area contributed by atoms with Gasteiger partial charge in [0.2, 0.25) is 11.8 Å². The monoisotopic (exact) mass is 365 g/mol. The van der Waals surface area contributed by atoms with Crippen LogP contribution in [0.3, 0.4) is 0 Å². The summed E-state index contributed by atoms with van der Waals surface area (Å²) in [5.74, 6) is -0.364. The van der Waals surface area contributed by atoms with E-state index >= 15 is 0 Å². The maximum absolute atomic E-state index is 12.5. The van der Waals surface area contributed by atoms with Crippen molar-refractivity contribution >= 4 is 23.2 Å². The minimum atomic E-state index is -0.255. The number of benzene rings is 2. The summed E-state index contributed by atoms with van der Waals surface area (Å²) in [6, 6.07) is 14.2. The van der Waals surface area contributed by atoms with Crippen LogP contribution in [0.5, 0.6) is 0 Å². The molecule has 1 aliphatic heterocycles. The third-order valence-electron chi connectivity index (χ3n) is 5.19. The summed E-state index contributed by atoms with van der Waals surface area (Å²) < 4.78 is 0. The molecule has 1 heterocycles. The largest absolute Gasteiger partial charge is 0.368 e. The van der Waals surface area contributed by atoms with Crippen molar-refractivity contribution in [3.05, 3.63) is 59.2 Å². The molecule has 1 fully saturated rings. The Morgan fingerprint density at radius 3 is 2.37 bits per heavy atom. The normalized spacial score (nSPS) is 14.2. The number of piperazine rings is 1. The van der Waals surface area contributed by atoms with Crippen molar-refractivity contribution in [2.24, 2.45) is 0 Å². The van der Waals surface area contributed by atoms with E-state index in [0.717, 1.165) is 29.9 Å². The Labute approximate surface area is 161 Å². The molecule has 1 saturated heterocycles. The molecular weight excluding hydrogens is 338 g/mol. The minimum absolute atomic E-state index is 0.110. The van der Waals surface area contributed by atoms with Gasteiger partial charge in [-0.25, -0.2) is 0 Å². The van der Waals surface area contributed by atoms with Gasteiger partial charge < -0.3 is 15.1 Å². The Kier molecular flexibility index (Phi) is 5.79. The number of rotatable bonds is 4. The van der Waals surface area contributed by atoms with E-state index in [2.05, 4.69) is 41.4 Å². The molecule has 0 spiro atoms. The van der Waals surface area contributed by atoms with Crippen molar-refractivity contribution in [1.29, 1.82) is 0 Å². The van der Waals surface area contributed by atoms with Gasteiger partial charge in [-0.15, -0.1) is 0 Å². The van der Waals surface area contributed by atoms with Crippen molar-refractivity contribution in [2.75, 3.05) is 36.4 Å². The summed E-state index contributed by atoms with van der Waals surface area (Å²) in [7, 11) is 0. The van der Waals surface area contributed by atoms with Gasteiger partial charge in [-0.05, 0) is 55.7 Å². The van der Waals surface area contributed by atoms with E-state index in [1.54, 1.807) is 4.90 Å². The van der Waals surface area contributed by atoms with Gasteiger partial charge in [-0.1, -0.05) is 24.3 Å². The van der Waals surface area contributed by atoms with Gasteiger partial charge in [0, 0.05) is 37.6 Å². The van der Waals surface area contributed by atoms with E-state index in [-0.39, 0.29) is 18.2 Å². The molecule has 27 heavy (non-hydrogen) atoms. The zero-order valence-corrected chi connectivity index (χ0v) is 16.3. The van der Waals surface area contributed by atoms with E-state index in [9.17, 15) is 9.59 Å². The van der Waals surface area contributed by atoms with Crippen LogP contribution < -0.4 is 10.2 Å². The van der Waals surface area contributed by atoms with Crippen molar-refractivity contribution < 1.29 is 9.59 Å². The van der Waals surface area contributed by atoms with Crippen LogP contribution in [-0.2, 0) is 9.59 Å². The van der Waals surface area contributed by atoms with Crippen LogP contribution in [0.2, 0.25) is 0 Å². The topological polar surface area (TPSA) is 52.7 Å². The standard InChI is InChI=1S/C22H27N3O2/c1-16-6-4-8-19(14-16)24-10-12-25(13-11-24)22(27)15-21(26)23-20-9-5-7-17(2)18(20)3/h4-9,14H,10-13,15H2,1-3H3,(H,23,26). The zero-order chi connectivity index (χ0) is 19.4. The molecule has 5 heteroatoms. The van der Waals surface area contributed by atoms with E-state index in [0.29, 0.717) is 13.1 Å². The predicted octanol–water partition coefficient (Wildman–Crippen LogP) is 3.29. The van der Waals surface area contributed by atoms with Crippen LogP contribution in [0.15, 0.2) is 42.5 Å². The lowest BCUT2D eigenvalue weighted by molar-refractivity contribution is -0.134. The number of hydrogen-bond donors (Lipinski definition) is 1. The molecule has 0 radical (unpaired) electrons. The average molecular weight is 365 g/mol. The molecule has 2 aromatic rings. The van der Waals surface area contributed by atoms with Crippen LogP contribution in [0, 0.1) is 20.8 Å². The Balaban J connectivity index is 1.52. The highest BCUT2D eigenvalue weighted by Gasteiger charge is 2.23. The van der Waals surface area contributed by atoms with E-state index < -0.39 is 0 Å². The molecule has 1 aliphatic rings. The quantitative estimate of drug-likeness (QED) is 0.846.